The van der Waals surface area contributed by atoms with Crippen LogP contribution >= 0.6 is 22.9 Å². The van der Waals surface area contributed by atoms with Gasteiger partial charge in [-0.05, 0) is 29.1 Å². The minimum Gasteiger partial charge on any atom is -0.371 e. The van der Waals surface area contributed by atoms with Crippen molar-refractivity contribution in [1.29, 1.82) is 0 Å². The second-order valence-electron chi connectivity index (χ2n) is 5.93. The van der Waals surface area contributed by atoms with Gasteiger partial charge in [0.05, 0.1) is 23.6 Å². The molecule has 2 aromatic carbocycles. The van der Waals surface area contributed by atoms with Crippen molar-refractivity contribution in [3.05, 3.63) is 110 Å². The van der Waals surface area contributed by atoms with E-state index in [4.69, 9.17) is 11.6 Å². The summed E-state index contributed by atoms with van der Waals surface area (Å²) in [7, 11) is 0. The third kappa shape index (κ3) is 3.65. The molecule has 0 spiro atoms. The number of para-hydroxylation sites is 1. The SMILES string of the molecule is O=c1c(Cl)c(N[C@H](c2ccccc2)c2cccs2)cnn1-c1ccccc1. The van der Waals surface area contributed by atoms with Crippen molar-refractivity contribution in [2.75, 3.05) is 5.32 Å². The highest BCUT2D eigenvalue weighted by atomic mass is 35.5. The Hall–Kier alpha value is -2.89. The summed E-state index contributed by atoms with van der Waals surface area (Å²) in [5, 5.41) is 9.83. The number of nitrogens with one attached hydrogen (secondary N) is 1. The first-order valence-electron chi connectivity index (χ1n) is 8.42. The Labute approximate surface area is 165 Å². The predicted octanol–water partition coefficient (Wildman–Crippen LogP) is 5.15. The average Bonchev–Trinajstić information content (AvgIpc) is 3.25. The molecule has 0 fully saturated rings. The Morgan fingerprint density at radius 2 is 1.67 bits per heavy atom. The normalized spacial score (nSPS) is 11.9. The Kier molecular flexibility index (Phi) is 5.05. The lowest BCUT2D eigenvalue weighted by Crippen LogP contribution is -2.23. The molecule has 0 saturated heterocycles. The van der Waals surface area contributed by atoms with Gasteiger partial charge in [-0.2, -0.15) is 9.78 Å². The van der Waals surface area contributed by atoms with E-state index in [-0.39, 0.29) is 16.6 Å². The quantitative estimate of drug-likeness (QED) is 0.510. The molecule has 6 heteroatoms. The van der Waals surface area contributed by atoms with Crippen LogP contribution in [0.5, 0.6) is 0 Å². The number of thiophene rings is 1. The Balaban J connectivity index is 1.73. The summed E-state index contributed by atoms with van der Waals surface area (Å²) in [6, 6.07) is 23.2. The molecule has 0 amide bonds. The molecule has 0 aliphatic rings. The molecular weight excluding hydrogens is 378 g/mol. The minimum absolute atomic E-state index is 0.113. The van der Waals surface area contributed by atoms with Crippen molar-refractivity contribution in [3.63, 3.8) is 0 Å². The van der Waals surface area contributed by atoms with Gasteiger partial charge in [-0.25, -0.2) is 0 Å². The zero-order chi connectivity index (χ0) is 18.6. The van der Waals surface area contributed by atoms with E-state index in [1.807, 2.05) is 72.1 Å². The fourth-order valence-corrected chi connectivity index (χ4v) is 3.85. The van der Waals surface area contributed by atoms with Gasteiger partial charge in [0.2, 0.25) is 0 Å². The number of halogens is 1. The highest BCUT2D eigenvalue weighted by molar-refractivity contribution is 7.10. The van der Waals surface area contributed by atoms with Crippen molar-refractivity contribution < 1.29 is 0 Å². The van der Waals surface area contributed by atoms with E-state index < -0.39 is 0 Å². The number of hydrogen-bond donors (Lipinski definition) is 1. The molecule has 0 bridgehead atoms. The number of aromatic nitrogens is 2. The van der Waals surface area contributed by atoms with Crippen LogP contribution in [0.15, 0.2) is 89.2 Å². The maximum Gasteiger partial charge on any atom is 0.292 e. The smallest absolute Gasteiger partial charge is 0.292 e. The van der Waals surface area contributed by atoms with Crippen molar-refractivity contribution >= 4 is 28.6 Å². The molecule has 4 aromatic rings. The molecule has 1 N–H and O–H groups in total. The number of benzene rings is 2. The summed E-state index contributed by atoms with van der Waals surface area (Å²) >= 11 is 8.05. The number of nitrogens with zero attached hydrogens (tertiary/aromatic N) is 2. The standard InChI is InChI=1S/C21H16ClN3OS/c22-19-17(14-23-25(21(19)26)16-10-5-2-6-11-16)24-20(18-12-7-13-27-18)15-8-3-1-4-9-15/h1-14,20,24H/t20-/m1/s1. The molecule has 0 aliphatic carbocycles. The molecule has 0 unspecified atom stereocenters. The van der Waals surface area contributed by atoms with E-state index >= 15 is 0 Å². The molecule has 134 valence electrons. The lowest BCUT2D eigenvalue weighted by Gasteiger charge is -2.20. The predicted molar refractivity (Wildman–Crippen MR) is 111 cm³/mol. The second kappa shape index (κ2) is 7.78. The van der Waals surface area contributed by atoms with Gasteiger partial charge in [-0.15, -0.1) is 11.3 Å². The van der Waals surface area contributed by atoms with Gasteiger partial charge in [0.25, 0.3) is 5.56 Å². The Morgan fingerprint density at radius 1 is 0.963 bits per heavy atom. The summed E-state index contributed by atoms with van der Waals surface area (Å²) in [6.07, 6.45) is 1.60. The van der Waals surface area contributed by atoms with E-state index in [1.165, 1.54) is 4.68 Å². The van der Waals surface area contributed by atoms with Crippen LogP contribution in [0.4, 0.5) is 5.69 Å². The van der Waals surface area contributed by atoms with E-state index in [0.717, 1.165) is 10.4 Å². The van der Waals surface area contributed by atoms with Gasteiger partial charge in [0.1, 0.15) is 5.02 Å². The lowest BCUT2D eigenvalue weighted by atomic mass is 10.1. The van der Waals surface area contributed by atoms with Gasteiger partial charge >= 0.3 is 0 Å². The minimum atomic E-state index is -0.356. The summed E-state index contributed by atoms with van der Waals surface area (Å²) in [5.74, 6) is 0. The number of hydrogen-bond acceptors (Lipinski definition) is 4. The molecule has 4 nitrogen and oxygen atoms in total. The van der Waals surface area contributed by atoms with Gasteiger partial charge in [-0.1, -0.05) is 66.2 Å². The number of anilines is 1. The fourth-order valence-electron chi connectivity index (χ4n) is 2.86. The number of rotatable bonds is 5. The molecule has 27 heavy (non-hydrogen) atoms. The zero-order valence-electron chi connectivity index (χ0n) is 14.2. The van der Waals surface area contributed by atoms with E-state index in [1.54, 1.807) is 17.5 Å². The van der Waals surface area contributed by atoms with Crippen LogP contribution in [0.2, 0.25) is 5.02 Å². The van der Waals surface area contributed by atoms with Crippen LogP contribution in [0, 0.1) is 0 Å². The molecule has 1 atom stereocenters. The van der Waals surface area contributed by atoms with Crippen LogP contribution in [0.1, 0.15) is 16.5 Å². The monoisotopic (exact) mass is 393 g/mol. The maximum atomic E-state index is 12.7. The third-order valence-electron chi connectivity index (χ3n) is 4.18. The van der Waals surface area contributed by atoms with Gasteiger partial charge in [0, 0.05) is 4.88 Å². The van der Waals surface area contributed by atoms with Crippen molar-refractivity contribution in [1.82, 2.24) is 9.78 Å². The Morgan fingerprint density at radius 3 is 2.33 bits per heavy atom. The molecular formula is C21H16ClN3OS. The summed E-state index contributed by atoms with van der Waals surface area (Å²) in [5.41, 5.74) is 1.92. The Bertz CT molecular complexity index is 1080. The summed E-state index contributed by atoms with van der Waals surface area (Å²) in [4.78, 5) is 13.9. The second-order valence-corrected chi connectivity index (χ2v) is 7.29. The van der Waals surface area contributed by atoms with Gasteiger partial charge in [0.15, 0.2) is 0 Å². The van der Waals surface area contributed by atoms with E-state index in [9.17, 15) is 4.79 Å². The van der Waals surface area contributed by atoms with Crippen molar-refractivity contribution in [2.24, 2.45) is 0 Å². The highest BCUT2D eigenvalue weighted by Gasteiger charge is 2.18. The largest absolute Gasteiger partial charge is 0.371 e. The van der Waals surface area contributed by atoms with Crippen molar-refractivity contribution in [3.8, 4) is 5.69 Å². The first kappa shape index (κ1) is 17.5. The van der Waals surface area contributed by atoms with Gasteiger partial charge in [-0.3, -0.25) is 4.79 Å². The van der Waals surface area contributed by atoms with E-state index in [2.05, 4.69) is 16.5 Å². The average molecular weight is 394 g/mol. The molecule has 0 aliphatic heterocycles. The highest BCUT2D eigenvalue weighted by Crippen LogP contribution is 2.31. The van der Waals surface area contributed by atoms with E-state index in [0.29, 0.717) is 11.4 Å². The molecule has 4 rings (SSSR count). The topological polar surface area (TPSA) is 46.9 Å². The first-order valence-corrected chi connectivity index (χ1v) is 9.68. The first-order chi connectivity index (χ1) is 13.2. The van der Waals surface area contributed by atoms with Crippen LogP contribution in [0.3, 0.4) is 0 Å². The zero-order valence-corrected chi connectivity index (χ0v) is 15.8. The molecule has 0 saturated carbocycles. The van der Waals surface area contributed by atoms with Crippen LogP contribution in [-0.4, -0.2) is 9.78 Å². The van der Waals surface area contributed by atoms with Crippen LogP contribution < -0.4 is 10.9 Å². The fraction of sp³-hybridized carbons (Fsp3) is 0.0476. The molecule has 0 radical (unpaired) electrons. The van der Waals surface area contributed by atoms with Crippen LogP contribution in [-0.2, 0) is 0 Å². The summed E-state index contributed by atoms with van der Waals surface area (Å²) in [6.45, 7) is 0. The molecule has 2 heterocycles. The lowest BCUT2D eigenvalue weighted by molar-refractivity contribution is 0.804. The third-order valence-corrected chi connectivity index (χ3v) is 5.48. The van der Waals surface area contributed by atoms with Crippen molar-refractivity contribution in [2.45, 2.75) is 6.04 Å². The van der Waals surface area contributed by atoms with Crippen LogP contribution in [0.25, 0.3) is 5.69 Å². The van der Waals surface area contributed by atoms with Gasteiger partial charge < -0.3 is 5.32 Å². The molecule has 2 aromatic heterocycles. The summed E-state index contributed by atoms with van der Waals surface area (Å²) < 4.78 is 1.30. The maximum absolute atomic E-state index is 12.7.